The molecule has 1 aromatic carbocycles. The van der Waals surface area contributed by atoms with Crippen LogP contribution in [0.4, 0.5) is 5.69 Å². The quantitative estimate of drug-likeness (QED) is 0.495. The molecule has 1 N–H and O–H groups in total. The third-order valence-electron chi connectivity index (χ3n) is 4.44. The highest BCUT2D eigenvalue weighted by Crippen LogP contribution is 2.26. The number of Topliss-reactive ketones (excluding diaryl/α,β-unsaturated/α-hetero) is 1. The molecule has 1 amide bonds. The first kappa shape index (κ1) is 20.6. The van der Waals surface area contributed by atoms with E-state index in [0.717, 1.165) is 0 Å². The van der Waals surface area contributed by atoms with Crippen LogP contribution < -0.4 is 5.32 Å². The molecule has 0 aliphatic rings. The Labute approximate surface area is 172 Å². The summed E-state index contributed by atoms with van der Waals surface area (Å²) in [5.41, 5.74) is 0.649. The highest BCUT2D eigenvalue weighted by Gasteiger charge is 2.28. The van der Waals surface area contributed by atoms with Crippen molar-refractivity contribution in [3.05, 3.63) is 71.2 Å². The largest absolute Gasteiger partial charge is 0.449 e. The highest BCUT2D eigenvalue weighted by molar-refractivity contribution is 6.05. The van der Waals surface area contributed by atoms with Crippen LogP contribution in [-0.2, 0) is 9.53 Å². The highest BCUT2D eigenvalue weighted by atomic mass is 16.5. The van der Waals surface area contributed by atoms with Gasteiger partial charge in [0, 0.05) is 18.0 Å². The summed E-state index contributed by atoms with van der Waals surface area (Å²) in [5, 5.41) is 12.1. The average molecular weight is 405 g/mol. The van der Waals surface area contributed by atoms with E-state index in [1.165, 1.54) is 20.8 Å². The minimum atomic E-state index is -1.17. The van der Waals surface area contributed by atoms with Crippen LogP contribution in [-0.4, -0.2) is 28.3 Å². The van der Waals surface area contributed by atoms with Crippen LogP contribution >= 0.6 is 0 Å². The maximum atomic E-state index is 12.7. The van der Waals surface area contributed by atoms with E-state index in [1.807, 2.05) is 6.07 Å². The topological polar surface area (TPSA) is 114 Å². The molecule has 30 heavy (non-hydrogen) atoms. The van der Waals surface area contributed by atoms with Crippen molar-refractivity contribution in [1.82, 2.24) is 4.57 Å². The van der Waals surface area contributed by atoms with Gasteiger partial charge in [0.25, 0.3) is 5.91 Å². The van der Waals surface area contributed by atoms with Crippen molar-refractivity contribution in [3.8, 4) is 12.0 Å². The number of furan rings is 1. The number of aryl methyl sites for hydroxylation is 1. The number of hydrogen-bond acceptors (Lipinski definition) is 6. The number of carbonyl (C=O) groups excluding carboxylic acids is 3. The van der Waals surface area contributed by atoms with Crippen molar-refractivity contribution in [2.75, 3.05) is 5.32 Å². The fourth-order valence-electron chi connectivity index (χ4n) is 2.94. The summed E-state index contributed by atoms with van der Waals surface area (Å²) in [6.07, 6.45) is 2.18. The third kappa shape index (κ3) is 4.00. The maximum Gasteiger partial charge on any atom is 0.343 e. The molecule has 0 aliphatic heterocycles. The fraction of sp³-hybridized carbons (Fsp3) is 0.182. The molecule has 0 aliphatic carbocycles. The average Bonchev–Trinajstić information content (AvgIpc) is 3.35. The van der Waals surface area contributed by atoms with Gasteiger partial charge in [-0.2, -0.15) is 5.26 Å². The van der Waals surface area contributed by atoms with Crippen LogP contribution in [0.5, 0.6) is 0 Å². The molecular formula is C22H19N3O5. The van der Waals surface area contributed by atoms with Crippen molar-refractivity contribution in [1.29, 1.82) is 5.26 Å². The molecule has 0 bridgehead atoms. The van der Waals surface area contributed by atoms with Gasteiger partial charge in [0.15, 0.2) is 11.9 Å². The SMILES string of the molecule is CC(=O)c1ccccc1NC(=O)[C@H](C)OC(=O)c1c(C)oc(-n2cccc2)c1C#N. The summed E-state index contributed by atoms with van der Waals surface area (Å²) >= 11 is 0. The van der Waals surface area contributed by atoms with E-state index >= 15 is 0 Å². The van der Waals surface area contributed by atoms with E-state index in [0.29, 0.717) is 11.3 Å². The van der Waals surface area contributed by atoms with Gasteiger partial charge in [0.05, 0.1) is 5.69 Å². The second-order valence-electron chi connectivity index (χ2n) is 6.55. The lowest BCUT2D eigenvalue weighted by Crippen LogP contribution is -2.30. The number of nitrogens with zero attached hydrogens (tertiary/aromatic N) is 2. The summed E-state index contributed by atoms with van der Waals surface area (Å²) in [6, 6.07) is 12.0. The lowest BCUT2D eigenvalue weighted by molar-refractivity contribution is -0.123. The molecule has 0 saturated heterocycles. The number of anilines is 1. The molecule has 3 aromatic rings. The molecular weight excluding hydrogens is 386 g/mol. The number of aromatic nitrogens is 1. The van der Waals surface area contributed by atoms with E-state index in [4.69, 9.17) is 9.15 Å². The molecule has 8 nitrogen and oxygen atoms in total. The van der Waals surface area contributed by atoms with Gasteiger partial charge < -0.3 is 14.5 Å². The first-order valence-corrected chi connectivity index (χ1v) is 9.12. The first-order chi connectivity index (χ1) is 14.3. The number of nitriles is 1. The molecule has 152 valence electrons. The standard InChI is InChI=1S/C22H19N3O5/c1-13(26)16-8-4-5-9-18(16)24-20(27)15(3)30-22(28)19-14(2)29-21(17(19)12-23)25-10-6-7-11-25/h4-11,15H,1-3H3,(H,24,27)/t15-/m0/s1. The number of para-hydroxylation sites is 1. The lowest BCUT2D eigenvalue weighted by Gasteiger charge is -2.15. The number of rotatable bonds is 6. The van der Waals surface area contributed by atoms with Gasteiger partial charge in [-0.25, -0.2) is 4.79 Å². The maximum absolute atomic E-state index is 12.7. The summed E-state index contributed by atoms with van der Waals surface area (Å²) < 4.78 is 12.4. The number of esters is 1. The molecule has 2 aromatic heterocycles. The fourth-order valence-corrected chi connectivity index (χ4v) is 2.94. The van der Waals surface area contributed by atoms with E-state index in [9.17, 15) is 19.6 Å². The first-order valence-electron chi connectivity index (χ1n) is 9.12. The van der Waals surface area contributed by atoms with Crippen molar-refractivity contribution in [2.45, 2.75) is 26.9 Å². The number of carbonyl (C=O) groups is 3. The number of benzene rings is 1. The van der Waals surface area contributed by atoms with Crippen LogP contribution in [0.3, 0.4) is 0 Å². The van der Waals surface area contributed by atoms with Crippen LogP contribution in [0, 0.1) is 18.3 Å². The van der Waals surface area contributed by atoms with Crippen molar-refractivity contribution in [3.63, 3.8) is 0 Å². The molecule has 3 rings (SSSR count). The zero-order chi connectivity index (χ0) is 21.8. The Balaban J connectivity index is 1.79. The van der Waals surface area contributed by atoms with Gasteiger partial charge in [-0.05, 0) is 45.0 Å². The Morgan fingerprint density at radius 1 is 1.17 bits per heavy atom. The number of amides is 1. The van der Waals surface area contributed by atoms with E-state index in [1.54, 1.807) is 53.4 Å². The summed E-state index contributed by atoms with van der Waals surface area (Å²) in [7, 11) is 0. The Morgan fingerprint density at radius 2 is 1.83 bits per heavy atom. The second-order valence-corrected chi connectivity index (χ2v) is 6.55. The minimum absolute atomic E-state index is 0.0169. The van der Waals surface area contributed by atoms with E-state index in [2.05, 4.69) is 5.32 Å². The minimum Gasteiger partial charge on any atom is -0.449 e. The van der Waals surface area contributed by atoms with Crippen molar-refractivity contribution >= 4 is 23.3 Å². The Kier molecular flexibility index (Phi) is 5.83. The molecule has 0 spiro atoms. The predicted octanol–water partition coefficient (Wildman–Crippen LogP) is 3.64. The van der Waals surface area contributed by atoms with Gasteiger partial charge in [-0.3, -0.25) is 14.2 Å². The van der Waals surface area contributed by atoms with E-state index < -0.39 is 18.0 Å². The predicted molar refractivity (Wildman–Crippen MR) is 107 cm³/mol. The normalized spacial score (nSPS) is 11.4. The Bertz CT molecular complexity index is 1150. The van der Waals surface area contributed by atoms with Crippen LogP contribution in [0.15, 0.2) is 53.2 Å². The van der Waals surface area contributed by atoms with E-state index in [-0.39, 0.29) is 28.6 Å². The molecule has 0 unspecified atom stereocenters. The van der Waals surface area contributed by atoms with Gasteiger partial charge in [-0.15, -0.1) is 0 Å². The Morgan fingerprint density at radius 3 is 2.47 bits per heavy atom. The molecule has 1 atom stereocenters. The van der Waals surface area contributed by atoms with Crippen molar-refractivity contribution < 1.29 is 23.5 Å². The molecule has 2 heterocycles. The summed E-state index contributed by atoms with van der Waals surface area (Å²) in [4.78, 5) is 36.9. The zero-order valence-electron chi connectivity index (χ0n) is 16.6. The van der Waals surface area contributed by atoms with Crippen LogP contribution in [0.1, 0.15) is 45.9 Å². The Hall–Kier alpha value is -4.12. The summed E-state index contributed by atoms with van der Waals surface area (Å²) in [6.45, 7) is 4.33. The molecule has 0 saturated carbocycles. The zero-order valence-corrected chi connectivity index (χ0v) is 16.6. The molecule has 8 heteroatoms. The van der Waals surface area contributed by atoms with Gasteiger partial charge in [0.2, 0.25) is 5.88 Å². The third-order valence-corrected chi connectivity index (χ3v) is 4.44. The van der Waals surface area contributed by atoms with Gasteiger partial charge in [0.1, 0.15) is 23.0 Å². The molecule has 0 fully saturated rings. The van der Waals surface area contributed by atoms with Gasteiger partial charge >= 0.3 is 5.97 Å². The van der Waals surface area contributed by atoms with Crippen molar-refractivity contribution in [2.24, 2.45) is 0 Å². The molecule has 0 radical (unpaired) electrons. The lowest BCUT2D eigenvalue weighted by atomic mass is 10.1. The smallest absolute Gasteiger partial charge is 0.343 e. The monoisotopic (exact) mass is 405 g/mol. The number of hydrogen-bond donors (Lipinski definition) is 1. The number of ketones is 1. The summed E-state index contributed by atoms with van der Waals surface area (Å²) in [5.74, 6) is -1.27. The van der Waals surface area contributed by atoms with Crippen LogP contribution in [0.25, 0.3) is 5.88 Å². The van der Waals surface area contributed by atoms with Crippen LogP contribution in [0.2, 0.25) is 0 Å². The number of nitrogens with one attached hydrogen (secondary N) is 1. The number of ether oxygens (including phenoxy) is 1. The second kappa shape index (κ2) is 8.49. The van der Waals surface area contributed by atoms with Gasteiger partial charge in [-0.1, -0.05) is 12.1 Å².